The molecule has 1 aliphatic heterocycles. The molecule has 3 rings (SSSR count). The first-order valence-corrected chi connectivity index (χ1v) is 11.0. The maximum Gasteiger partial charge on any atom is 0.193 e. The van der Waals surface area contributed by atoms with E-state index in [1.807, 2.05) is 19.2 Å². The third-order valence-corrected chi connectivity index (χ3v) is 6.22. The van der Waals surface area contributed by atoms with Crippen LogP contribution in [0.5, 0.6) is 5.75 Å². The molecule has 0 spiro atoms. The van der Waals surface area contributed by atoms with Crippen molar-refractivity contribution in [3.05, 3.63) is 52.2 Å². The van der Waals surface area contributed by atoms with Crippen LogP contribution in [0, 0.1) is 0 Å². The van der Waals surface area contributed by atoms with E-state index in [0.29, 0.717) is 0 Å². The number of guanidine groups is 1. The molecule has 8 heteroatoms. The summed E-state index contributed by atoms with van der Waals surface area (Å²) in [7, 11) is 5.65. The van der Waals surface area contributed by atoms with Crippen molar-refractivity contribution in [3.8, 4) is 5.75 Å². The molecule has 1 aromatic heterocycles. The third kappa shape index (κ3) is 7.11. The molecule has 0 aliphatic carbocycles. The molecular weight excluding hydrogens is 511 g/mol. The minimum atomic E-state index is 0. The zero-order valence-electron chi connectivity index (χ0n) is 18.0. The normalized spacial score (nSPS) is 15.9. The number of nitrogens with zero attached hydrogens (tertiary/aromatic N) is 3. The second kappa shape index (κ2) is 13.1. The lowest BCUT2D eigenvalue weighted by molar-refractivity contribution is 0.0169. The van der Waals surface area contributed by atoms with E-state index < -0.39 is 0 Å². The molecular formula is C22H33IN4O2S. The van der Waals surface area contributed by atoms with Crippen molar-refractivity contribution in [2.45, 2.75) is 12.5 Å². The van der Waals surface area contributed by atoms with Crippen LogP contribution in [0.25, 0.3) is 0 Å². The van der Waals surface area contributed by atoms with Crippen LogP contribution in [0.2, 0.25) is 0 Å². The van der Waals surface area contributed by atoms with Gasteiger partial charge in [0.15, 0.2) is 5.96 Å². The van der Waals surface area contributed by atoms with Crippen LogP contribution in [0.1, 0.15) is 16.5 Å². The average molecular weight is 545 g/mol. The largest absolute Gasteiger partial charge is 0.497 e. The van der Waals surface area contributed by atoms with Crippen molar-refractivity contribution in [2.24, 2.45) is 4.99 Å². The van der Waals surface area contributed by atoms with Crippen molar-refractivity contribution in [1.29, 1.82) is 0 Å². The Morgan fingerprint density at radius 2 is 2.00 bits per heavy atom. The summed E-state index contributed by atoms with van der Waals surface area (Å²) in [6.07, 6.45) is 1.03. The van der Waals surface area contributed by atoms with Gasteiger partial charge in [0, 0.05) is 45.2 Å². The summed E-state index contributed by atoms with van der Waals surface area (Å²) in [5.74, 6) is 1.81. The van der Waals surface area contributed by atoms with E-state index in [9.17, 15) is 0 Å². The summed E-state index contributed by atoms with van der Waals surface area (Å²) >= 11 is 1.81. The molecule has 0 amide bonds. The van der Waals surface area contributed by atoms with E-state index in [1.165, 1.54) is 10.4 Å². The lowest BCUT2D eigenvalue weighted by atomic mass is 10.0. The van der Waals surface area contributed by atoms with Gasteiger partial charge in [-0.1, -0.05) is 18.2 Å². The lowest BCUT2D eigenvalue weighted by Gasteiger charge is -2.35. The minimum absolute atomic E-state index is 0. The minimum Gasteiger partial charge on any atom is -0.497 e. The number of likely N-dealkylation sites (N-methyl/N-ethyl adjacent to an activating group) is 1. The smallest absolute Gasteiger partial charge is 0.193 e. The highest BCUT2D eigenvalue weighted by atomic mass is 127. The van der Waals surface area contributed by atoms with Gasteiger partial charge in [-0.3, -0.25) is 9.89 Å². The Hall–Kier alpha value is -1.36. The van der Waals surface area contributed by atoms with Gasteiger partial charge in [-0.2, -0.15) is 0 Å². The van der Waals surface area contributed by atoms with Crippen molar-refractivity contribution in [2.75, 3.05) is 60.6 Å². The zero-order chi connectivity index (χ0) is 20.5. The van der Waals surface area contributed by atoms with Gasteiger partial charge in [-0.25, -0.2) is 0 Å². The number of thiophene rings is 1. The van der Waals surface area contributed by atoms with Crippen LogP contribution in [0.4, 0.5) is 0 Å². The fourth-order valence-corrected chi connectivity index (χ4v) is 4.28. The maximum atomic E-state index is 5.56. The fraction of sp³-hybridized carbons (Fsp3) is 0.500. The number of rotatable bonds is 8. The first kappa shape index (κ1) is 24.9. The Labute approximate surface area is 201 Å². The molecule has 1 atom stereocenters. The van der Waals surface area contributed by atoms with Gasteiger partial charge in [0.1, 0.15) is 5.75 Å². The molecule has 0 saturated carbocycles. The molecule has 1 aliphatic rings. The summed E-state index contributed by atoms with van der Waals surface area (Å²) in [5.41, 5.74) is 1.27. The number of aliphatic imine (C=N–C) groups is 1. The fourth-order valence-electron chi connectivity index (χ4n) is 3.58. The van der Waals surface area contributed by atoms with Gasteiger partial charge in [0.25, 0.3) is 0 Å². The molecule has 1 aromatic carbocycles. The highest BCUT2D eigenvalue weighted by Gasteiger charge is 2.23. The van der Waals surface area contributed by atoms with Crippen molar-refractivity contribution in [3.63, 3.8) is 0 Å². The second-order valence-corrected chi connectivity index (χ2v) is 8.15. The standard InChI is InChI=1S/C22H32N4O2S.HI/c1-23-22(25(2)11-10-20-5-4-16-29-20)24-17-21(26-12-14-28-15-13-26)18-6-8-19(27-3)9-7-18;/h4-9,16,21H,10-15,17H2,1-3H3,(H,23,24);1H. The zero-order valence-corrected chi connectivity index (χ0v) is 21.2. The van der Waals surface area contributed by atoms with Gasteiger partial charge in [0.2, 0.25) is 0 Å². The Kier molecular flexibility index (Phi) is 10.9. The Bertz CT molecular complexity index is 749. The Balaban J connectivity index is 0.00000320. The number of halogens is 1. The van der Waals surface area contributed by atoms with Crippen LogP contribution in [0.15, 0.2) is 46.8 Å². The van der Waals surface area contributed by atoms with E-state index in [2.05, 4.69) is 56.8 Å². The molecule has 0 bridgehead atoms. The van der Waals surface area contributed by atoms with E-state index in [0.717, 1.165) is 57.5 Å². The molecule has 6 nitrogen and oxygen atoms in total. The summed E-state index contributed by atoms with van der Waals surface area (Å²) in [5, 5.41) is 5.72. The summed E-state index contributed by atoms with van der Waals surface area (Å²) in [6.45, 7) is 5.16. The molecule has 2 aromatic rings. The molecule has 1 N–H and O–H groups in total. The number of ether oxygens (including phenoxy) is 2. The van der Waals surface area contributed by atoms with E-state index in [-0.39, 0.29) is 30.0 Å². The maximum absolute atomic E-state index is 5.56. The highest BCUT2D eigenvalue weighted by molar-refractivity contribution is 14.0. The van der Waals surface area contributed by atoms with Gasteiger partial charge in [0.05, 0.1) is 26.4 Å². The summed E-state index contributed by atoms with van der Waals surface area (Å²) < 4.78 is 10.9. The third-order valence-electron chi connectivity index (χ3n) is 5.29. The summed E-state index contributed by atoms with van der Waals surface area (Å²) in [4.78, 5) is 10.6. The number of benzene rings is 1. The van der Waals surface area contributed by atoms with Crippen LogP contribution in [-0.2, 0) is 11.2 Å². The molecule has 2 heterocycles. The average Bonchev–Trinajstić information content (AvgIpc) is 3.30. The SMILES string of the molecule is CN=C(NCC(c1ccc(OC)cc1)N1CCOCC1)N(C)CCc1cccs1.I. The number of methoxy groups -OCH3 is 1. The summed E-state index contributed by atoms with van der Waals surface area (Å²) in [6, 6.07) is 12.9. The van der Waals surface area contributed by atoms with Crippen molar-refractivity contribution < 1.29 is 9.47 Å². The van der Waals surface area contributed by atoms with Crippen molar-refractivity contribution in [1.82, 2.24) is 15.1 Å². The van der Waals surface area contributed by atoms with Crippen LogP contribution in [0.3, 0.4) is 0 Å². The Morgan fingerprint density at radius 3 is 2.60 bits per heavy atom. The first-order chi connectivity index (χ1) is 14.2. The Morgan fingerprint density at radius 1 is 1.27 bits per heavy atom. The number of morpholine rings is 1. The van der Waals surface area contributed by atoms with E-state index in [1.54, 1.807) is 18.4 Å². The number of hydrogen-bond acceptors (Lipinski definition) is 5. The predicted molar refractivity (Wildman–Crippen MR) is 136 cm³/mol. The number of hydrogen-bond donors (Lipinski definition) is 1. The molecule has 0 radical (unpaired) electrons. The van der Waals surface area contributed by atoms with Crippen LogP contribution >= 0.6 is 35.3 Å². The monoisotopic (exact) mass is 544 g/mol. The van der Waals surface area contributed by atoms with Gasteiger partial charge in [-0.15, -0.1) is 35.3 Å². The predicted octanol–water partition coefficient (Wildman–Crippen LogP) is 3.50. The number of nitrogens with one attached hydrogen (secondary N) is 1. The topological polar surface area (TPSA) is 49.3 Å². The molecule has 166 valence electrons. The highest BCUT2D eigenvalue weighted by Crippen LogP contribution is 2.23. The van der Waals surface area contributed by atoms with Gasteiger partial charge in [-0.05, 0) is 35.6 Å². The van der Waals surface area contributed by atoms with Crippen molar-refractivity contribution >= 4 is 41.3 Å². The van der Waals surface area contributed by atoms with Gasteiger partial charge < -0.3 is 19.7 Å². The van der Waals surface area contributed by atoms with E-state index in [4.69, 9.17) is 9.47 Å². The lowest BCUT2D eigenvalue weighted by Crippen LogP contribution is -2.47. The van der Waals surface area contributed by atoms with Gasteiger partial charge >= 0.3 is 0 Å². The second-order valence-electron chi connectivity index (χ2n) is 7.12. The molecule has 1 saturated heterocycles. The molecule has 1 fully saturated rings. The van der Waals surface area contributed by atoms with Crippen LogP contribution < -0.4 is 10.1 Å². The first-order valence-electron chi connectivity index (χ1n) is 10.1. The molecule has 1 unspecified atom stereocenters. The van der Waals surface area contributed by atoms with E-state index >= 15 is 0 Å². The molecule has 30 heavy (non-hydrogen) atoms. The van der Waals surface area contributed by atoms with Crippen LogP contribution in [-0.4, -0.2) is 76.4 Å². The quantitative estimate of drug-likeness (QED) is 0.313.